The molecule has 2 nitrogen and oxygen atoms in total. The molecule has 1 atom stereocenters. The molecule has 0 saturated heterocycles. The summed E-state index contributed by atoms with van der Waals surface area (Å²) in [4.78, 5) is 0.447. The van der Waals surface area contributed by atoms with Crippen LogP contribution < -0.4 is 0 Å². The van der Waals surface area contributed by atoms with Crippen molar-refractivity contribution < 1.29 is 8.42 Å². The average Bonchev–Trinajstić information content (AvgIpc) is 2.26. The Hall–Kier alpha value is -0.830. The molecule has 0 aliphatic heterocycles. The van der Waals surface area contributed by atoms with Crippen molar-refractivity contribution in [2.24, 2.45) is 5.92 Å². The Morgan fingerprint density at radius 1 is 1.12 bits per heavy atom. The molecule has 0 aliphatic rings. The molecule has 0 aromatic heterocycles. The molecule has 16 heavy (non-hydrogen) atoms. The lowest BCUT2D eigenvalue weighted by Crippen LogP contribution is -2.22. The highest BCUT2D eigenvalue weighted by molar-refractivity contribution is 7.92. The third kappa shape index (κ3) is 3.08. The summed E-state index contributed by atoms with van der Waals surface area (Å²) in [6.45, 7) is 6.06. The Morgan fingerprint density at radius 3 is 2.12 bits per heavy atom. The largest absolute Gasteiger partial charge is 0.223 e. The normalized spacial score (nSPS) is 14.0. The molecule has 90 valence electrons. The first-order valence-corrected chi connectivity index (χ1v) is 7.32. The molecule has 3 heteroatoms. The fraction of sp³-hybridized carbons (Fsp3) is 0.538. The third-order valence-electron chi connectivity index (χ3n) is 2.70. The van der Waals surface area contributed by atoms with Gasteiger partial charge in [0.2, 0.25) is 0 Å². The third-order valence-corrected chi connectivity index (χ3v) is 5.03. The van der Waals surface area contributed by atoms with Crippen molar-refractivity contribution >= 4 is 9.84 Å². The summed E-state index contributed by atoms with van der Waals surface area (Å²) in [5.74, 6) is 0.406. The summed E-state index contributed by atoms with van der Waals surface area (Å²) in [5, 5.41) is -0.255. The molecule has 0 fully saturated rings. The van der Waals surface area contributed by atoms with Crippen molar-refractivity contribution in [3.8, 4) is 0 Å². The smallest absolute Gasteiger partial charge is 0.181 e. The van der Waals surface area contributed by atoms with E-state index >= 15 is 0 Å². The second-order valence-electron chi connectivity index (χ2n) is 4.52. The Kier molecular flexibility index (Phi) is 4.54. The van der Waals surface area contributed by atoms with E-state index in [0.29, 0.717) is 17.2 Å². The van der Waals surface area contributed by atoms with E-state index < -0.39 is 9.84 Å². The highest BCUT2D eigenvalue weighted by Crippen LogP contribution is 2.23. The van der Waals surface area contributed by atoms with Crippen LogP contribution in [0, 0.1) is 5.92 Å². The second kappa shape index (κ2) is 5.48. The van der Waals surface area contributed by atoms with E-state index in [0.717, 1.165) is 6.42 Å². The summed E-state index contributed by atoms with van der Waals surface area (Å²) in [6.07, 6.45) is 1.41. The summed E-state index contributed by atoms with van der Waals surface area (Å²) in [6, 6.07) is 8.74. The van der Waals surface area contributed by atoms with Crippen LogP contribution in [0.3, 0.4) is 0 Å². The van der Waals surface area contributed by atoms with Crippen molar-refractivity contribution in [3.63, 3.8) is 0 Å². The fourth-order valence-electron chi connectivity index (χ4n) is 1.84. The molecule has 0 aliphatic carbocycles. The van der Waals surface area contributed by atoms with Gasteiger partial charge in [-0.3, -0.25) is 0 Å². The van der Waals surface area contributed by atoms with Crippen molar-refractivity contribution in [3.05, 3.63) is 30.3 Å². The van der Waals surface area contributed by atoms with Gasteiger partial charge in [-0.25, -0.2) is 8.42 Å². The highest BCUT2D eigenvalue weighted by atomic mass is 32.2. The molecule has 0 amide bonds. The molecular weight excluding hydrogens is 220 g/mol. The zero-order chi connectivity index (χ0) is 12.2. The maximum absolute atomic E-state index is 12.3. The Bertz CT molecular complexity index is 407. The lowest BCUT2D eigenvalue weighted by molar-refractivity contribution is 0.517. The van der Waals surface area contributed by atoms with Crippen molar-refractivity contribution in [1.82, 2.24) is 0 Å². The number of benzene rings is 1. The van der Waals surface area contributed by atoms with Crippen molar-refractivity contribution in [1.29, 1.82) is 0 Å². The Balaban J connectivity index is 3.00. The zero-order valence-electron chi connectivity index (χ0n) is 10.2. The number of hydrogen-bond donors (Lipinski definition) is 0. The van der Waals surface area contributed by atoms with E-state index in [1.54, 1.807) is 24.3 Å². The van der Waals surface area contributed by atoms with Crippen LogP contribution in [0.25, 0.3) is 0 Å². The maximum Gasteiger partial charge on any atom is 0.181 e. The molecule has 1 aromatic rings. The first-order chi connectivity index (χ1) is 7.48. The van der Waals surface area contributed by atoms with Gasteiger partial charge < -0.3 is 0 Å². The van der Waals surface area contributed by atoms with Crippen LogP contribution in [0.2, 0.25) is 0 Å². The van der Waals surface area contributed by atoms with E-state index in [9.17, 15) is 8.42 Å². The van der Waals surface area contributed by atoms with Gasteiger partial charge in [-0.1, -0.05) is 39.0 Å². The predicted octanol–water partition coefficient (Wildman–Crippen LogP) is 3.29. The van der Waals surface area contributed by atoms with Gasteiger partial charge in [-0.05, 0) is 30.9 Å². The zero-order valence-corrected chi connectivity index (χ0v) is 11.0. The first kappa shape index (κ1) is 13.2. The minimum atomic E-state index is -3.15. The summed E-state index contributed by atoms with van der Waals surface area (Å²) < 4.78 is 24.6. The topological polar surface area (TPSA) is 34.1 Å². The highest BCUT2D eigenvalue weighted by Gasteiger charge is 2.26. The summed E-state index contributed by atoms with van der Waals surface area (Å²) in [5.41, 5.74) is 0. The van der Waals surface area contributed by atoms with Gasteiger partial charge in [-0.2, -0.15) is 0 Å². The first-order valence-electron chi connectivity index (χ1n) is 5.77. The molecule has 0 heterocycles. The van der Waals surface area contributed by atoms with Gasteiger partial charge in [0.05, 0.1) is 10.1 Å². The molecule has 1 aromatic carbocycles. The van der Waals surface area contributed by atoms with Gasteiger partial charge in [-0.15, -0.1) is 0 Å². The summed E-state index contributed by atoms with van der Waals surface area (Å²) >= 11 is 0. The molecule has 1 rings (SSSR count). The maximum atomic E-state index is 12.3. The molecular formula is C13H20O2S. The lowest BCUT2D eigenvalue weighted by atomic mass is 10.1. The minimum absolute atomic E-state index is 0.255. The van der Waals surface area contributed by atoms with E-state index in [2.05, 4.69) is 13.8 Å². The van der Waals surface area contributed by atoms with Crippen LogP contribution in [0.5, 0.6) is 0 Å². The van der Waals surface area contributed by atoms with Crippen molar-refractivity contribution in [2.45, 2.75) is 43.8 Å². The SMILES string of the molecule is CCC(CC(C)C)S(=O)(=O)c1ccccc1. The molecule has 0 saturated carbocycles. The molecule has 0 N–H and O–H groups in total. The lowest BCUT2D eigenvalue weighted by Gasteiger charge is -2.17. The summed E-state index contributed by atoms with van der Waals surface area (Å²) in [7, 11) is -3.15. The number of hydrogen-bond acceptors (Lipinski definition) is 2. The molecule has 0 radical (unpaired) electrons. The number of sulfone groups is 1. The van der Waals surface area contributed by atoms with Crippen molar-refractivity contribution in [2.75, 3.05) is 0 Å². The number of rotatable bonds is 5. The van der Waals surface area contributed by atoms with E-state index in [-0.39, 0.29) is 5.25 Å². The van der Waals surface area contributed by atoms with Crippen LogP contribution in [0.4, 0.5) is 0 Å². The van der Waals surface area contributed by atoms with Gasteiger partial charge >= 0.3 is 0 Å². The van der Waals surface area contributed by atoms with Crippen LogP contribution in [0.1, 0.15) is 33.6 Å². The van der Waals surface area contributed by atoms with Crippen LogP contribution >= 0.6 is 0 Å². The van der Waals surface area contributed by atoms with Crippen LogP contribution in [-0.2, 0) is 9.84 Å². The van der Waals surface area contributed by atoms with Crippen LogP contribution in [-0.4, -0.2) is 13.7 Å². The van der Waals surface area contributed by atoms with Gasteiger partial charge in [0.15, 0.2) is 9.84 Å². The minimum Gasteiger partial charge on any atom is -0.223 e. The molecule has 1 unspecified atom stereocenters. The van der Waals surface area contributed by atoms with Crippen LogP contribution in [0.15, 0.2) is 35.2 Å². The van der Waals surface area contributed by atoms with E-state index in [1.165, 1.54) is 0 Å². The van der Waals surface area contributed by atoms with E-state index in [4.69, 9.17) is 0 Å². The predicted molar refractivity (Wildman–Crippen MR) is 67.2 cm³/mol. The molecule has 0 bridgehead atoms. The van der Waals surface area contributed by atoms with Gasteiger partial charge in [0.25, 0.3) is 0 Å². The Morgan fingerprint density at radius 2 is 1.69 bits per heavy atom. The standard InChI is InChI=1S/C13H20O2S/c1-4-12(10-11(2)3)16(14,15)13-8-6-5-7-9-13/h5-9,11-12H,4,10H2,1-3H3. The van der Waals surface area contributed by atoms with E-state index in [1.807, 2.05) is 13.0 Å². The Labute approximate surface area is 98.6 Å². The van der Waals surface area contributed by atoms with Gasteiger partial charge in [0, 0.05) is 0 Å². The fourth-order valence-corrected chi connectivity index (χ4v) is 3.84. The monoisotopic (exact) mass is 240 g/mol. The molecule has 0 spiro atoms. The average molecular weight is 240 g/mol. The van der Waals surface area contributed by atoms with Gasteiger partial charge in [0.1, 0.15) is 0 Å². The second-order valence-corrected chi connectivity index (χ2v) is 6.75. The quantitative estimate of drug-likeness (QED) is 0.791.